The van der Waals surface area contributed by atoms with Crippen molar-refractivity contribution in [3.63, 3.8) is 0 Å². The first kappa shape index (κ1) is 19.5. The van der Waals surface area contributed by atoms with Gasteiger partial charge in [-0.2, -0.15) is 0 Å². The Morgan fingerprint density at radius 3 is 2.82 bits per heavy atom. The van der Waals surface area contributed by atoms with E-state index < -0.39 is 11.7 Å². The third-order valence-electron chi connectivity index (χ3n) is 4.94. The smallest absolute Gasteiger partial charge is 0.308 e. The molecule has 0 aliphatic carbocycles. The number of thiophene rings is 1. The van der Waals surface area contributed by atoms with Gasteiger partial charge in [0.1, 0.15) is 5.75 Å². The lowest BCUT2D eigenvalue weighted by molar-refractivity contribution is -0.131. The summed E-state index contributed by atoms with van der Waals surface area (Å²) in [6.07, 6.45) is 1.43. The minimum Gasteiger partial charge on any atom is -0.468 e. The molecule has 1 spiro atoms. The van der Waals surface area contributed by atoms with E-state index in [1.807, 2.05) is 12.1 Å². The van der Waals surface area contributed by atoms with Crippen molar-refractivity contribution in [1.29, 1.82) is 0 Å². The van der Waals surface area contributed by atoms with Crippen LogP contribution in [-0.2, 0) is 4.79 Å². The van der Waals surface area contributed by atoms with Crippen LogP contribution < -0.4 is 20.1 Å². The Hall–Kier alpha value is -1.83. The van der Waals surface area contributed by atoms with Crippen LogP contribution in [-0.4, -0.2) is 22.3 Å². The number of halogens is 1. The van der Waals surface area contributed by atoms with E-state index in [0.717, 1.165) is 12.0 Å². The van der Waals surface area contributed by atoms with Crippen LogP contribution in [0.1, 0.15) is 50.0 Å². The van der Waals surface area contributed by atoms with Crippen LogP contribution in [0.25, 0.3) is 0 Å². The molecular weight excluding hydrogens is 416 g/mol. The van der Waals surface area contributed by atoms with Crippen molar-refractivity contribution in [1.82, 2.24) is 10.6 Å². The molecule has 5 nitrogen and oxygen atoms in total. The van der Waals surface area contributed by atoms with Crippen LogP contribution in [0.2, 0.25) is 5.02 Å². The second-order valence-corrected chi connectivity index (χ2v) is 9.72. The molecule has 1 fully saturated rings. The molecule has 28 heavy (non-hydrogen) atoms. The summed E-state index contributed by atoms with van der Waals surface area (Å²) in [5.74, 6) is 0.616. The van der Waals surface area contributed by atoms with Gasteiger partial charge in [0.15, 0.2) is 16.6 Å². The Bertz CT molecular complexity index is 945. The van der Waals surface area contributed by atoms with E-state index in [2.05, 4.69) is 35.9 Å². The number of nitrogens with one attached hydrogen (secondary N) is 2. The van der Waals surface area contributed by atoms with E-state index in [9.17, 15) is 4.79 Å². The van der Waals surface area contributed by atoms with E-state index in [0.29, 0.717) is 28.1 Å². The number of fused-ring (bicyclic) bond motifs is 1. The highest BCUT2D eigenvalue weighted by Gasteiger charge is 2.49. The molecule has 1 aromatic heterocycles. The monoisotopic (exact) mass is 436 g/mol. The Labute approximate surface area is 178 Å². The topological polar surface area (TPSA) is 59.6 Å². The molecule has 0 bridgehead atoms. The van der Waals surface area contributed by atoms with E-state index >= 15 is 0 Å². The van der Waals surface area contributed by atoms with Crippen LogP contribution >= 0.6 is 35.2 Å². The van der Waals surface area contributed by atoms with Crippen molar-refractivity contribution < 1.29 is 14.3 Å². The zero-order chi connectivity index (χ0) is 20.1. The minimum absolute atomic E-state index is 0.0943. The molecular formula is C20H21ClN2O3S2. The fourth-order valence-corrected chi connectivity index (χ4v) is 5.63. The van der Waals surface area contributed by atoms with Crippen LogP contribution in [0.5, 0.6) is 11.5 Å². The summed E-state index contributed by atoms with van der Waals surface area (Å²) >= 11 is 13.6. The largest absolute Gasteiger partial charge is 0.468 e. The van der Waals surface area contributed by atoms with E-state index in [1.165, 1.54) is 11.8 Å². The Kier molecular flexibility index (Phi) is 4.80. The highest BCUT2D eigenvalue weighted by molar-refractivity contribution is 7.80. The molecule has 3 heterocycles. The second-order valence-electron chi connectivity index (χ2n) is 7.92. The van der Waals surface area contributed by atoms with Crippen LogP contribution in [0, 0.1) is 0 Å². The Morgan fingerprint density at radius 2 is 2.18 bits per heavy atom. The summed E-state index contributed by atoms with van der Waals surface area (Å²) < 4.78 is 11.8. The molecule has 148 valence electrons. The summed E-state index contributed by atoms with van der Waals surface area (Å²) in [5, 5.41) is 9.68. The molecule has 1 saturated heterocycles. The third kappa shape index (κ3) is 3.71. The zero-order valence-corrected chi connectivity index (χ0v) is 18.2. The van der Waals surface area contributed by atoms with Crippen molar-refractivity contribution in [2.24, 2.45) is 0 Å². The van der Waals surface area contributed by atoms with Gasteiger partial charge < -0.3 is 20.1 Å². The van der Waals surface area contributed by atoms with Crippen LogP contribution in [0.3, 0.4) is 0 Å². The zero-order valence-electron chi connectivity index (χ0n) is 15.8. The normalized spacial score (nSPS) is 25.3. The number of esters is 1. The van der Waals surface area contributed by atoms with Gasteiger partial charge in [0.2, 0.25) is 0 Å². The summed E-state index contributed by atoms with van der Waals surface area (Å²) in [6.45, 7) is 5.56. The molecule has 0 unspecified atom stereocenters. The van der Waals surface area contributed by atoms with Gasteiger partial charge in [0.25, 0.3) is 0 Å². The number of hydrogen-bond donors (Lipinski definition) is 2. The maximum absolute atomic E-state index is 11.5. The van der Waals surface area contributed by atoms with Crippen LogP contribution in [0.15, 0.2) is 29.6 Å². The predicted molar refractivity (Wildman–Crippen MR) is 114 cm³/mol. The highest BCUT2D eigenvalue weighted by Crippen LogP contribution is 2.50. The summed E-state index contributed by atoms with van der Waals surface area (Å²) in [4.78, 5) is 12.7. The molecule has 2 N–H and O–H groups in total. The van der Waals surface area contributed by atoms with E-state index in [-0.39, 0.29) is 11.5 Å². The van der Waals surface area contributed by atoms with Gasteiger partial charge >= 0.3 is 5.97 Å². The van der Waals surface area contributed by atoms with Crippen molar-refractivity contribution in [2.75, 3.05) is 0 Å². The maximum atomic E-state index is 11.5. The SMILES string of the molecule is CC(=O)Oc1cc2c(cc1Cl)[C@@H](c1cccs1)C[C@@]1(CC(C)(C)NC(=S)N1)O2. The lowest BCUT2D eigenvalue weighted by Gasteiger charge is -2.50. The van der Waals surface area contributed by atoms with E-state index in [1.54, 1.807) is 17.4 Å². The number of hydrogen-bond acceptors (Lipinski definition) is 5. The van der Waals surface area contributed by atoms with Crippen molar-refractivity contribution in [3.05, 3.63) is 45.1 Å². The molecule has 0 saturated carbocycles. The lowest BCUT2D eigenvalue weighted by Crippen LogP contribution is -2.69. The quantitative estimate of drug-likeness (QED) is 0.408. The van der Waals surface area contributed by atoms with Gasteiger partial charge in [0, 0.05) is 47.7 Å². The van der Waals surface area contributed by atoms with Gasteiger partial charge in [0.05, 0.1) is 5.02 Å². The fourth-order valence-electron chi connectivity index (χ4n) is 4.11. The van der Waals surface area contributed by atoms with Crippen molar-refractivity contribution >= 4 is 46.2 Å². The number of thiocarbonyl (C=S) groups is 1. The summed E-state index contributed by atoms with van der Waals surface area (Å²) in [7, 11) is 0. The van der Waals surface area contributed by atoms with Gasteiger partial charge in [-0.25, -0.2) is 0 Å². The molecule has 0 radical (unpaired) electrons. The van der Waals surface area contributed by atoms with Gasteiger partial charge in [-0.3, -0.25) is 4.79 Å². The number of rotatable bonds is 2. The van der Waals surface area contributed by atoms with Crippen LogP contribution in [0.4, 0.5) is 0 Å². The van der Waals surface area contributed by atoms with E-state index in [4.69, 9.17) is 33.3 Å². The Morgan fingerprint density at radius 1 is 1.39 bits per heavy atom. The van der Waals surface area contributed by atoms with Crippen molar-refractivity contribution in [2.45, 2.75) is 50.8 Å². The molecule has 0 amide bonds. The lowest BCUT2D eigenvalue weighted by atomic mass is 9.79. The molecule has 4 rings (SSSR count). The number of carbonyl (C=O) groups excluding carboxylic acids is 1. The average molecular weight is 437 g/mol. The summed E-state index contributed by atoms with van der Waals surface area (Å²) in [5.41, 5.74) is 0.109. The van der Waals surface area contributed by atoms with Gasteiger partial charge in [-0.1, -0.05) is 17.7 Å². The predicted octanol–water partition coefficient (Wildman–Crippen LogP) is 4.58. The summed E-state index contributed by atoms with van der Waals surface area (Å²) in [6, 6.07) is 7.72. The number of ether oxygens (including phenoxy) is 2. The Balaban J connectivity index is 1.82. The molecule has 8 heteroatoms. The number of carbonyl (C=O) groups is 1. The molecule has 1 aromatic carbocycles. The molecule has 2 aliphatic heterocycles. The van der Waals surface area contributed by atoms with Gasteiger partial charge in [-0.05, 0) is 43.6 Å². The first-order valence-electron chi connectivity index (χ1n) is 9.01. The number of benzene rings is 1. The first-order chi connectivity index (χ1) is 13.2. The van der Waals surface area contributed by atoms with Crippen molar-refractivity contribution in [3.8, 4) is 11.5 Å². The standard InChI is InChI=1S/C20H21ClN2O3S2/c1-11(24)25-16-8-15-12(7-14(16)21)13(17-5-4-6-28-17)9-20(26-15)10-19(2,3)22-18(27)23-20/h4-8,13H,9-10H2,1-3H3,(H2,22,23,27)/t13-,20-/m0/s1. The highest BCUT2D eigenvalue weighted by atomic mass is 35.5. The third-order valence-corrected chi connectivity index (χ3v) is 6.43. The molecule has 2 aliphatic rings. The first-order valence-corrected chi connectivity index (χ1v) is 10.7. The maximum Gasteiger partial charge on any atom is 0.308 e. The average Bonchev–Trinajstić information content (AvgIpc) is 3.07. The van der Waals surface area contributed by atoms with Gasteiger partial charge in [-0.15, -0.1) is 11.3 Å². The second kappa shape index (κ2) is 6.90. The minimum atomic E-state index is -0.658. The molecule has 2 atom stereocenters. The fraction of sp³-hybridized carbons (Fsp3) is 0.400. The molecule has 2 aromatic rings.